The van der Waals surface area contributed by atoms with Crippen molar-refractivity contribution in [2.24, 2.45) is 0 Å². The molecule has 9 aromatic rings. The lowest BCUT2D eigenvalue weighted by Crippen LogP contribution is -2.70. The van der Waals surface area contributed by atoms with Crippen molar-refractivity contribution in [1.82, 2.24) is 0 Å². The van der Waals surface area contributed by atoms with Crippen LogP contribution in [0.25, 0.3) is 0 Å². The summed E-state index contributed by atoms with van der Waals surface area (Å²) in [6.45, 7) is 12.5. The maximum absolute atomic E-state index is 2.67. The highest BCUT2D eigenvalue weighted by molar-refractivity contribution is 7.07. The summed E-state index contributed by atoms with van der Waals surface area (Å²) in [5.74, 6) is 0. The first-order valence-electron chi connectivity index (χ1n) is 23.3. The normalized spacial score (nSPS) is 14.9. The maximum atomic E-state index is 2.67. The van der Waals surface area contributed by atoms with Gasteiger partial charge in [-0.1, -0.05) is 135 Å². The van der Waals surface area contributed by atoms with E-state index in [2.05, 4.69) is 259 Å². The summed E-state index contributed by atoms with van der Waals surface area (Å²) in [4.78, 5) is 10.3. The quantitative estimate of drug-likeness (QED) is 0.154. The minimum Gasteiger partial charge on any atom is -0.312 e. The lowest BCUT2D eigenvalue weighted by atomic mass is 9.33. The third-order valence-electron chi connectivity index (χ3n) is 14.9. The SMILES string of the molecule is Cc1cc2c3c(c1)N1c4ccccc4[Si](C)(C)c4cc(N(c5ccccc5)c5ccccc5)cc(c41)B3c1cc(N(c3ccccc3)c3ccccc3)cc3c1N2c1ccccc1[Si]3(C)C. The van der Waals surface area contributed by atoms with Crippen LogP contribution in [0.1, 0.15) is 5.56 Å². The van der Waals surface area contributed by atoms with Gasteiger partial charge in [0.15, 0.2) is 0 Å². The number of rotatable bonds is 6. The second-order valence-electron chi connectivity index (χ2n) is 19.5. The second kappa shape index (κ2) is 14.3. The number of hydrogen-bond acceptors (Lipinski definition) is 4. The number of benzene rings is 9. The molecule has 0 radical (unpaired) electrons. The van der Waals surface area contributed by atoms with Gasteiger partial charge < -0.3 is 19.6 Å². The Bertz CT molecular complexity index is 3110. The molecule has 4 aliphatic rings. The Kier molecular flexibility index (Phi) is 8.49. The van der Waals surface area contributed by atoms with Crippen molar-refractivity contribution in [3.63, 3.8) is 0 Å². The molecule has 316 valence electrons. The molecule has 0 aliphatic carbocycles. The predicted molar refractivity (Wildman–Crippen MR) is 288 cm³/mol. The van der Waals surface area contributed by atoms with E-state index in [9.17, 15) is 0 Å². The van der Waals surface area contributed by atoms with Crippen LogP contribution in [-0.2, 0) is 0 Å². The summed E-state index contributed by atoms with van der Waals surface area (Å²) in [5.41, 5.74) is 20.3. The van der Waals surface area contributed by atoms with E-state index in [0.717, 1.165) is 22.7 Å². The van der Waals surface area contributed by atoms with Gasteiger partial charge in [0.1, 0.15) is 16.1 Å². The number of para-hydroxylation sites is 6. The van der Waals surface area contributed by atoms with E-state index >= 15 is 0 Å². The van der Waals surface area contributed by atoms with Crippen molar-refractivity contribution in [3.05, 3.63) is 212 Å². The first kappa shape index (κ1) is 39.1. The van der Waals surface area contributed by atoms with E-state index in [0.29, 0.717) is 0 Å². The zero-order chi connectivity index (χ0) is 44.5. The van der Waals surface area contributed by atoms with Crippen LogP contribution in [0.5, 0.6) is 0 Å². The number of anilines is 12. The van der Waals surface area contributed by atoms with E-state index in [1.165, 1.54) is 88.2 Å². The second-order valence-corrected chi connectivity index (χ2v) is 28.1. The summed E-state index contributed by atoms with van der Waals surface area (Å²) < 4.78 is 0. The van der Waals surface area contributed by atoms with Gasteiger partial charge >= 0.3 is 0 Å². The van der Waals surface area contributed by atoms with Crippen LogP contribution in [0, 0.1) is 6.92 Å². The van der Waals surface area contributed by atoms with Crippen LogP contribution in [0.3, 0.4) is 0 Å². The molecule has 7 heteroatoms. The topological polar surface area (TPSA) is 13.0 Å². The van der Waals surface area contributed by atoms with Crippen molar-refractivity contribution in [1.29, 1.82) is 0 Å². The molecular formula is C59H49BN4Si2. The van der Waals surface area contributed by atoms with Gasteiger partial charge in [-0.25, -0.2) is 0 Å². The first-order valence-corrected chi connectivity index (χ1v) is 29.3. The minimum absolute atomic E-state index is 0.0441. The van der Waals surface area contributed by atoms with Crippen LogP contribution in [0.15, 0.2) is 206 Å². The Hall–Kier alpha value is -7.32. The number of fused-ring (bicyclic) bond motifs is 8. The Labute approximate surface area is 390 Å². The first-order chi connectivity index (χ1) is 32.2. The third kappa shape index (κ3) is 5.50. The van der Waals surface area contributed by atoms with Gasteiger partial charge in [-0.05, 0) is 147 Å². The molecule has 0 bridgehead atoms. The molecule has 4 aliphatic heterocycles. The number of aryl methyl sites for hydroxylation is 1. The molecule has 0 spiro atoms. The van der Waals surface area contributed by atoms with Gasteiger partial charge in [0.05, 0.1) is 0 Å². The molecule has 0 aromatic heterocycles. The van der Waals surface area contributed by atoms with Gasteiger partial charge in [0.25, 0.3) is 6.71 Å². The van der Waals surface area contributed by atoms with Crippen LogP contribution in [0.2, 0.25) is 26.2 Å². The highest BCUT2D eigenvalue weighted by atomic mass is 28.3. The minimum atomic E-state index is -2.32. The summed E-state index contributed by atoms with van der Waals surface area (Å²) in [5, 5.41) is 5.89. The summed E-state index contributed by atoms with van der Waals surface area (Å²) >= 11 is 0. The van der Waals surface area contributed by atoms with Crippen molar-refractivity contribution in [2.75, 3.05) is 19.6 Å². The Balaban J connectivity index is 1.19. The van der Waals surface area contributed by atoms with Gasteiger partial charge in [-0.3, -0.25) is 0 Å². The highest BCUT2D eigenvalue weighted by Crippen LogP contribution is 2.49. The summed E-state index contributed by atoms with van der Waals surface area (Å²) in [6, 6.07) is 77.6. The zero-order valence-corrected chi connectivity index (χ0v) is 40.0. The van der Waals surface area contributed by atoms with E-state index < -0.39 is 16.1 Å². The highest BCUT2D eigenvalue weighted by Gasteiger charge is 2.52. The van der Waals surface area contributed by atoms with Gasteiger partial charge in [0.2, 0.25) is 0 Å². The van der Waals surface area contributed by atoms with Crippen LogP contribution >= 0.6 is 0 Å². The lowest BCUT2D eigenvalue weighted by Gasteiger charge is -2.52. The van der Waals surface area contributed by atoms with Crippen LogP contribution in [-0.4, -0.2) is 22.9 Å². The molecule has 0 unspecified atom stereocenters. The molecule has 0 saturated heterocycles. The molecule has 0 saturated carbocycles. The summed E-state index contributed by atoms with van der Waals surface area (Å²) in [6.07, 6.45) is 0. The standard InChI is InChI=1S/C59H49BN4Si2/c1-40-34-51-57-52(35-40)64-50-31-19-21-33-54(50)66(4,5)56-39-46(62(43-26-14-8-15-27-43)44-28-16-9-17-29-44)37-48(59(56)64)60(57)47-36-45(61(41-22-10-6-11-23-41)42-24-12-7-13-25-42)38-55-58(47)63(51)49-30-18-20-32-53(49)65(55,2)3/h6-39H,1-5H3. The molecule has 9 aromatic carbocycles. The fourth-order valence-electron chi connectivity index (χ4n) is 12.0. The molecule has 4 heterocycles. The lowest BCUT2D eigenvalue weighted by molar-refractivity contribution is 1.23. The van der Waals surface area contributed by atoms with E-state index in [1.807, 2.05) is 0 Å². The third-order valence-corrected chi connectivity index (χ3v) is 21.9. The van der Waals surface area contributed by atoms with Gasteiger partial charge in [-0.2, -0.15) is 0 Å². The monoisotopic (exact) mass is 880 g/mol. The molecular weight excluding hydrogens is 832 g/mol. The Morgan fingerprint density at radius 2 is 0.682 bits per heavy atom. The maximum Gasteiger partial charge on any atom is 0.252 e. The fourth-order valence-corrected chi connectivity index (χ4v) is 18.0. The van der Waals surface area contributed by atoms with E-state index in [4.69, 9.17) is 0 Å². The molecule has 0 atom stereocenters. The molecule has 0 N–H and O–H groups in total. The molecule has 0 amide bonds. The van der Waals surface area contributed by atoms with Gasteiger partial charge in [-0.15, -0.1) is 0 Å². The molecule has 66 heavy (non-hydrogen) atoms. The summed E-state index contributed by atoms with van der Waals surface area (Å²) in [7, 11) is -4.64. The largest absolute Gasteiger partial charge is 0.312 e. The van der Waals surface area contributed by atoms with Crippen molar-refractivity contribution in [3.8, 4) is 0 Å². The predicted octanol–water partition coefficient (Wildman–Crippen LogP) is 11.3. The zero-order valence-electron chi connectivity index (χ0n) is 38.0. The number of nitrogens with zero attached hydrogens (tertiary/aromatic N) is 4. The van der Waals surface area contributed by atoms with Gasteiger partial charge in [0, 0.05) is 68.2 Å². The van der Waals surface area contributed by atoms with E-state index in [1.54, 1.807) is 0 Å². The molecule has 0 fully saturated rings. The van der Waals surface area contributed by atoms with Crippen molar-refractivity contribution in [2.45, 2.75) is 33.1 Å². The van der Waals surface area contributed by atoms with Crippen molar-refractivity contribution < 1.29 is 0 Å². The Morgan fingerprint density at radius 1 is 0.348 bits per heavy atom. The Morgan fingerprint density at radius 3 is 1.05 bits per heavy atom. The molecule has 13 rings (SSSR count). The average molecular weight is 881 g/mol. The van der Waals surface area contributed by atoms with E-state index in [-0.39, 0.29) is 6.71 Å². The molecule has 4 nitrogen and oxygen atoms in total. The van der Waals surface area contributed by atoms with Crippen LogP contribution in [0.4, 0.5) is 68.2 Å². The smallest absolute Gasteiger partial charge is 0.252 e. The van der Waals surface area contributed by atoms with Crippen LogP contribution < -0.4 is 56.7 Å². The van der Waals surface area contributed by atoms with Crippen molar-refractivity contribution >= 4 is 128 Å². The average Bonchev–Trinajstić information content (AvgIpc) is 3.34. The fraction of sp³-hybridized carbons (Fsp3) is 0.0847. The number of hydrogen-bond donors (Lipinski definition) is 0.